The fourth-order valence-corrected chi connectivity index (χ4v) is 3.45. The average Bonchev–Trinajstić information content (AvgIpc) is 3.06. The van der Waals surface area contributed by atoms with E-state index in [9.17, 15) is 13.7 Å². The van der Waals surface area contributed by atoms with Crippen LogP contribution in [0.1, 0.15) is 11.3 Å². The number of anilines is 1. The second-order valence-corrected chi connectivity index (χ2v) is 7.61. The summed E-state index contributed by atoms with van der Waals surface area (Å²) >= 11 is 5.97. The summed E-state index contributed by atoms with van der Waals surface area (Å²) in [6.45, 7) is 8.61. The molecule has 1 N–H and O–H groups in total. The summed E-state index contributed by atoms with van der Waals surface area (Å²) < 4.78 is 37.7. The van der Waals surface area contributed by atoms with Crippen molar-refractivity contribution in [3.63, 3.8) is 0 Å². The molecule has 0 saturated heterocycles. The Hall–Kier alpha value is -3.53. The van der Waals surface area contributed by atoms with Crippen LogP contribution in [0.5, 0.6) is 11.5 Å². The number of benzene rings is 2. The van der Waals surface area contributed by atoms with Crippen molar-refractivity contribution in [3.8, 4) is 17.6 Å². The Bertz CT molecular complexity index is 1240. The van der Waals surface area contributed by atoms with Crippen molar-refractivity contribution in [1.29, 1.82) is 5.26 Å². The van der Waals surface area contributed by atoms with Gasteiger partial charge < -0.3 is 9.26 Å². The van der Waals surface area contributed by atoms with Crippen molar-refractivity contribution in [2.24, 2.45) is 0 Å². The third kappa shape index (κ3) is 4.07. The van der Waals surface area contributed by atoms with E-state index in [0.29, 0.717) is 11.5 Å². The lowest BCUT2D eigenvalue weighted by Gasteiger charge is -2.10. The molecule has 140 valence electrons. The first-order valence-electron chi connectivity index (χ1n) is 7.67. The molecule has 8 nitrogen and oxygen atoms in total. The zero-order valence-electron chi connectivity index (χ0n) is 14.3. The van der Waals surface area contributed by atoms with Crippen molar-refractivity contribution in [1.82, 2.24) is 5.16 Å². The molecule has 0 atom stereocenters. The molecule has 0 radical (unpaired) electrons. The van der Waals surface area contributed by atoms with E-state index >= 15 is 0 Å². The lowest BCUT2D eigenvalue weighted by Crippen LogP contribution is -2.13. The number of hydrogen-bond acceptors (Lipinski definition) is 6. The highest BCUT2D eigenvalue weighted by Crippen LogP contribution is 2.33. The Balaban J connectivity index is 1.89. The fourth-order valence-electron chi connectivity index (χ4n) is 2.23. The lowest BCUT2D eigenvalue weighted by atomic mass is 10.2. The van der Waals surface area contributed by atoms with Crippen molar-refractivity contribution in [3.05, 3.63) is 70.2 Å². The number of nitriles is 1. The molecule has 0 amide bonds. The van der Waals surface area contributed by atoms with Crippen LogP contribution in [0.25, 0.3) is 4.85 Å². The number of rotatable bonds is 5. The lowest BCUT2D eigenvalue weighted by molar-refractivity contribution is 0.400. The molecular weight excluding hydrogens is 404 g/mol. The van der Waals surface area contributed by atoms with Crippen LogP contribution < -0.4 is 9.46 Å². The van der Waals surface area contributed by atoms with Crippen LogP contribution in [0.3, 0.4) is 0 Å². The van der Waals surface area contributed by atoms with E-state index in [1.54, 1.807) is 6.92 Å². The first-order valence-corrected chi connectivity index (χ1v) is 9.53. The number of aryl methyl sites for hydroxylation is 1. The van der Waals surface area contributed by atoms with Crippen molar-refractivity contribution >= 4 is 33.1 Å². The van der Waals surface area contributed by atoms with Crippen LogP contribution in [0.15, 0.2) is 51.9 Å². The van der Waals surface area contributed by atoms with Gasteiger partial charge in [-0.3, -0.25) is 4.72 Å². The second kappa shape index (κ2) is 7.61. The fraction of sp³-hybridized carbons (Fsp3) is 0.0556. The highest BCUT2D eigenvalue weighted by atomic mass is 35.5. The number of ether oxygens (including phenoxy) is 1. The van der Waals surface area contributed by atoms with E-state index in [-0.39, 0.29) is 32.7 Å². The Morgan fingerprint density at radius 3 is 2.68 bits per heavy atom. The molecule has 0 aliphatic carbocycles. The zero-order chi connectivity index (χ0) is 20.3. The highest BCUT2D eigenvalue weighted by Gasteiger charge is 2.19. The number of aromatic nitrogens is 1. The Morgan fingerprint density at radius 2 is 2.07 bits per heavy atom. The first-order chi connectivity index (χ1) is 13.3. The van der Waals surface area contributed by atoms with E-state index in [4.69, 9.17) is 27.4 Å². The van der Waals surface area contributed by atoms with Gasteiger partial charge in [0.25, 0.3) is 10.0 Å². The molecule has 0 fully saturated rings. The number of nitrogens with one attached hydrogen (secondary N) is 1. The molecule has 1 aromatic heterocycles. The first kappa shape index (κ1) is 19.2. The molecule has 2 aromatic carbocycles. The Morgan fingerprint density at radius 1 is 1.29 bits per heavy atom. The van der Waals surface area contributed by atoms with E-state index in [2.05, 4.69) is 14.7 Å². The summed E-state index contributed by atoms with van der Waals surface area (Å²) in [5.74, 6) is 0.930. The third-order valence-electron chi connectivity index (χ3n) is 3.52. The predicted molar refractivity (Wildman–Crippen MR) is 101 cm³/mol. The standard InChI is InChI=1S/C18H11ClN4O4S/c1-11-7-18(22-27-11)23-28(24,25)14-4-6-17(12(8-14)10-20)26-13-3-5-16(21-2)15(19)9-13/h3-9H,1H3,(H,22,23). The maximum Gasteiger partial charge on any atom is 0.263 e. The largest absolute Gasteiger partial charge is 0.456 e. The maximum absolute atomic E-state index is 12.5. The van der Waals surface area contributed by atoms with Gasteiger partial charge in [-0.2, -0.15) is 5.26 Å². The monoisotopic (exact) mass is 414 g/mol. The van der Waals surface area contributed by atoms with Gasteiger partial charge in [-0.25, -0.2) is 13.3 Å². The van der Waals surface area contributed by atoms with Gasteiger partial charge in [-0.15, -0.1) is 0 Å². The van der Waals surface area contributed by atoms with Crippen molar-refractivity contribution in [2.75, 3.05) is 4.72 Å². The molecule has 28 heavy (non-hydrogen) atoms. The normalized spacial score (nSPS) is 10.7. The van der Waals surface area contributed by atoms with Gasteiger partial charge in [0, 0.05) is 6.07 Å². The van der Waals surface area contributed by atoms with Crippen LogP contribution >= 0.6 is 11.6 Å². The van der Waals surface area contributed by atoms with Crippen molar-refractivity contribution in [2.45, 2.75) is 11.8 Å². The van der Waals surface area contributed by atoms with E-state index in [1.165, 1.54) is 42.5 Å². The molecule has 0 unspecified atom stereocenters. The molecule has 0 aliphatic heterocycles. The van der Waals surface area contributed by atoms with Gasteiger partial charge in [0.05, 0.1) is 22.1 Å². The van der Waals surface area contributed by atoms with Gasteiger partial charge in [0.2, 0.25) is 5.69 Å². The molecule has 0 spiro atoms. The van der Waals surface area contributed by atoms with Crippen LogP contribution in [-0.2, 0) is 10.0 Å². The molecule has 3 rings (SSSR count). The number of halogens is 1. The minimum atomic E-state index is -3.97. The topological polar surface area (TPSA) is 110 Å². The summed E-state index contributed by atoms with van der Waals surface area (Å²) in [7, 11) is -3.97. The van der Waals surface area contributed by atoms with Crippen LogP contribution in [0.2, 0.25) is 5.02 Å². The molecule has 0 saturated carbocycles. The zero-order valence-corrected chi connectivity index (χ0v) is 15.9. The number of nitrogens with zero attached hydrogens (tertiary/aromatic N) is 3. The minimum Gasteiger partial charge on any atom is -0.456 e. The smallest absolute Gasteiger partial charge is 0.263 e. The van der Waals surface area contributed by atoms with Gasteiger partial charge in [0.15, 0.2) is 5.82 Å². The van der Waals surface area contributed by atoms with Gasteiger partial charge in [-0.05, 0) is 37.3 Å². The molecular formula is C18H11ClN4O4S. The van der Waals surface area contributed by atoms with E-state index in [0.717, 1.165) is 0 Å². The van der Waals surface area contributed by atoms with E-state index in [1.807, 2.05) is 6.07 Å². The Labute approximate surface area is 165 Å². The molecule has 0 bridgehead atoms. The van der Waals surface area contributed by atoms with Crippen LogP contribution in [0, 0.1) is 24.8 Å². The summed E-state index contributed by atoms with van der Waals surface area (Å²) in [6.07, 6.45) is 0. The van der Waals surface area contributed by atoms with Crippen molar-refractivity contribution < 1.29 is 17.7 Å². The van der Waals surface area contributed by atoms with E-state index < -0.39 is 10.0 Å². The van der Waals surface area contributed by atoms with Gasteiger partial charge in [-0.1, -0.05) is 22.8 Å². The summed E-state index contributed by atoms with van der Waals surface area (Å²) in [4.78, 5) is 3.11. The van der Waals surface area contributed by atoms with Gasteiger partial charge in [0.1, 0.15) is 23.3 Å². The number of sulfonamides is 1. The van der Waals surface area contributed by atoms with Crippen LogP contribution in [-0.4, -0.2) is 13.6 Å². The SMILES string of the molecule is [C-]#[N+]c1ccc(Oc2ccc(S(=O)(=O)Nc3cc(C)on3)cc2C#N)cc1Cl. The number of hydrogen-bond donors (Lipinski definition) is 1. The quantitative estimate of drug-likeness (QED) is 0.608. The third-order valence-corrected chi connectivity index (χ3v) is 5.17. The highest BCUT2D eigenvalue weighted by molar-refractivity contribution is 7.92. The predicted octanol–water partition coefficient (Wildman–Crippen LogP) is 4.65. The summed E-state index contributed by atoms with van der Waals surface area (Å²) in [6, 6.07) is 11.6. The minimum absolute atomic E-state index is 0.00425. The maximum atomic E-state index is 12.5. The summed E-state index contributed by atoms with van der Waals surface area (Å²) in [5, 5.41) is 13.2. The molecule has 0 aliphatic rings. The summed E-state index contributed by atoms with van der Waals surface area (Å²) in [5.41, 5.74) is 0.273. The van der Waals surface area contributed by atoms with Crippen LogP contribution in [0.4, 0.5) is 11.5 Å². The average molecular weight is 415 g/mol. The molecule has 3 aromatic rings. The Kier molecular flexibility index (Phi) is 5.23. The molecule has 1 heterocycles. The molecule has 10 heteroatoms. The van der Waals surface area contributed by atoms with Gasteiger partial charge >= 0.3 is 0 Å². The second-order valence-electron chi connectivity index (χ2n) is 5.53.